The molecule has 3 heterocycles. The fourth-order valence-corrected chi connectivity index (χ4v) is 4.07. The second-order valence-electron chi connectivity index (χ2n) is 8.97. The number of nitrogens with one attached hydrogen (secondary N) is 1. The van der Waals surface area contributed by atoms with E-state index in [0.717, 1.165) is 27.9 Å². The van der Waals surface area contributed by atoms with Crippen molar-refractivity contribution < 1.29 is 19.4 Å². The van der Waals surface area contributed by atoms with Crippen molar-refractivity contribution in [3.05, 3.63) is 54.1 Å². The Bertz CT molecular complexity index is 1170. The molecule has 2 aliphatic rings. The number of ether oxygens (including phenoxy) is 2. The minimum atomic E-state index is -0.880. The van der Waals surface area contributed by atoms with Gasteiger partial charge in [-0.1, -0.05) is 25.1 Å². The number of nitrogen functional groups attached to an aromatic ring is 1. The number of amides is 1. The molecule has 2 fully saturated rings. The maximum absolute atomic E-state index is 11.1. The predicted molar refractivity (Wildman–Crippen MR) is 123 cm³/mol. The molecule has 0 radical (unpaired) electrons. The fourth-order valence-electron chi connectivity index (χ4n) is 4.07. The van der Waals surface area contributed by atoms with Crippen LogP contribution in [0.2, 0.25) is 0 Å². The Hall–Kier alpha value is -3.52. The zero-order valence-electron chi connectivity index (χ0n) is 17.9. The average Bonchev–Trinajstić information content (AvgIpc) is 2.71. The molecule has 3 aromatic rings. The van der Waals surface area contributed by atoms with Gasteiger partial charge in [0.15, 0.2) is 0 Å². The summed E-state index contributed by atoms with van der Waals surface area (Å²) in [5.74, 6) is 1.56. The van der Waals surface area contributed by atoms with Crippen molar-refractivity contribution in [3.63, 3.8) is 0 Å². The van der Waals surface area contributed by atoms with Gasteiger partial charge in [0.2, 0.25) is 0 Å². The quantitative estimate of drug-likeness (QED) is 0.502. The molecule has 1 aromatic heterocycles. The first kappa shape index (κ1) is 20.4. The van der Waals surface area contributed by atoms with E-state index in [1.165, 1.54) is 4.90 Å². The molecule has 32 heavy (non-hydrogen) atoms. The van der Waals surface area contributed by atoms with Crippen LogP contribution in [0.25, 0.3) is 10.9 Å². The van der Waals surface area contributed by atoms with Crippen LogP contribution in [0.1, 0.15) is 18.4 Å². The van der Waals surface area contributed by atoms with Crippen molar-refractivity contribution in [3.8, 4) is 5.75 Å². The van der Waals surface area contributed by atoms with Crippen LogP contribution in [0, 0.1) is 5.41 Å². The van der Waals surface area contributed by atoms with E-state index in [1.807, 2.05) is 48.5 Å². The SMILES string of the molecule is CC1(COc2ccc(Nc3ccc4cccc(C5CN(C(=O)O)C5)c4n3)c(N)c2)COC1. The fraction of sp³-hybridized carbons (Fsp3) is 0.333. The van der Waals surface area contributed by atoms with Crippen molar-refractivity contribution in [1.82, 2.24) is 9.88 Å². The average molecular weight is 434 g/mol. The van der Waals surface area contributed by atoms with E-state index in [2.05, 4.69) is 12.2 Å². The van der Waals surface area contributed by atoms with Gasteiger partial charge in [0.05, 0.1) is 36.7 Å². The van der Waals surface area contributed by atoms with Crippen LogP contribution >= 0.6 is 0 Å². The number of carbonyl (C=O) groups is 1. The molecule has 0 aliphatic carbocycles. The first-order chi connectivity index (χ1) is 15.4. The van der Waals surface area contributed by atoms with Crippen molar-refractivity contribution in [2.24, 2.45) is 5.41 Å². The van der Waals surface area contributed by atoms with Gasteiger partial charge >= 0.3 is 6.09 Å². The molecule has 1 amide bonds. The first-order valence-corrected chi connectivity index (χ1v) is 10.6. The van der Waals surface area contributed by atoms with E-state index in [-0.39, 0.29) is 11.3 Å². The van der Waals surface area contributed by atoms with Crippen molar-refractivity contribution in [2.75, 3.05) is 44.0 Å². The van der Waals surface area contributed by atoms with Gasteiger partial charge in [-0.05, 0) is 29.8 Å². The molecule has 0 spiro atoms. The highest BCUT2D eigenvalue weighted by atomic mass is 16.5. The summed E-state index contributed by atoms with van der Waals surface area (Å²) in [6, 6.07) is 15.5. The summed E-state index contributed by atoms with van der Waals surface area (Å²) in [6.07, 6.45) is -0.880. The van der Waals surface area contributed by atoms with E-state index in [0.29, 0.717) is 44.4 Å². The molecule has 2 saturated heterocycles. The predicted octanol–water partition coefficient (Wildman–Crippen LogP) is 4.05. The summed E-state index contributed by atoms with van der Waals surface area (Å²) in [4.78, 5) is 17.3. The summed E-state index contributed by atoms with van der Waals surface area (Å²) >= 11 is 0. The molecule has 0 bridgehead atoms. The Morgan fingerprint density at radius 1 is 1.28 bits per heavy atom. The molecular formula is C24H26N4O4. The first-order valence-electron chi connectivity index (χ1n) is 10.6. The minimum Gasteiger partial charge on any atom is -0.493 e. The Morgan fingerprint density at radius 2 is 2.09 bits per heavy atom. The number of pyridine rings is 1. The number of nitrogens with zero attached hydrogens (tertiary/aromatic N) is 2. The lowest BCUT2D eigenvalue weighted by Crippen LogP contribution is -2.47. The lowest BCUT2D eigenvalue weighted by molar-refractivity contribution is -0.120. The highest BCUT2D eigenvalue weighted by Gasteiger charge is 2.34. The van der Waals surface area contributed by atoms with E-state index in [1.54, 1.807) is 0 Å². The normalized spacial score (nSPS) is 17.5. The number of anilines is 3. The summed E-state index contributed by atoms with van der Waals surface area (Å²) in [5, 5.41) is 13.4. The van der Waals surface area contributed by atoms with Gasteiger partial charge in [-0.15, -0.1) is 0 Å². The largest absolute Gasteiger partial charge is 0.493 e. The third kappa shape index (κ3) is 3.89. The maximum atomic E-state index is 11.1. The molecule has 0 saturated carbocycles. The number of benzene rings is 2. The molecule has 2 aromatic carbocycles. The summed E-state index contributed by atoms with van der Waals surface area (Å²) < 4.78 is 11.2. The Balaban J connectivity index is 1.33. The summed E-state index contributed by atoms with van der Waals surface area (Å²) in [5.41, 5.74) is 9.60. The number of likely N-dealkylation sites (tertiary alicyclic amines) is 1. The number of rotatable bonds is 6. The molecule has 0 unspecified atom stereocenters. The van der Waals surface area contributed by atoms with Gasteiger partial charge in [-0.25, -0.2) is 9.78 Å². The third-order valence-corrected chi connectivity index (χ3v) is 6.12. The van der Waals surface area contributed by atoms with Crippen LogP contribution in [-0.4, -0.2) is 54.0 Å². The Morgan fingerprint density at radius 3 is 2.78 bits per heavy atom. The molecule has 5 rings (SSSR count). The third-order valence-electron chi connectivity index (χ3n) is 6.12. The summed E-state index contributed by atoms with van der Waals surface area (Å²) in [7, 11) is 0. The Kier molecular flexibility index (Phi) is 5.01. The molecule has 166 valence electrons. The second kappa shape index (κ2) is 7.87. The van der Waals surface area contributed by atoms with Gasteiger partial charge in [0, 0.05) is 35.9 Å². The van der Waals surface area contributed by atoms with Gasteiger partial charge < -0.3 is 30.5 Å². The van der Waals surface area contributed by atoms with Gasteiger partial charge in [-0.2, -0.15) is 0 Å². The van der Waals surface area contributed by atoms with E-state index in [9.17, 15) is 4.79 Å². The van der Waals surface area contributed by atoms with E-state index < -0.39 is 6.09 Å². The topological polar surface area (TPSA) is 110 Å². The molecule has 4 N–H and O–H groups in total. The second-order valence-corrected chi connectivity index (χ2v) is 8.97. The number of nitrogens with two attached hydrogens (primary N) is 1. The van der Waals surface area contributed by atoms with Crippen molar-refractivity contribution >= 4 is 34.2 Å². The molecule has 8 nitrogen and oxygen atoms in total. The van der Waals surface area contributed by atoms with Gasteiger partial charge in [-0.3, -0.25) is 0 Å². The van der Waals surface area contributed by atoms with Crippen molar-refractivity contribution in [1.29, 1.82) is 0 Å². The lowest BCUT2D eigenvalue weighted by atomic mass is 9.90. The van der Waals surface area contributed by atoms with Crippen LogP contribution < -0.4 is 15.8 Å². The molecule has 0 atom stereocenters. The lowest BCUT2D eigenvalue weighted by Gasteiger charge is -2.37. The molecular weight excluding hydrogens is 408 g/mol. The molecule has 8 heteroatoms. The van der Waals surface area contributed by atoms with Crippen molar-refractivity contribution in [2.45, 2.75) is 12.8 Å². The highest BCUT2D eigenvalue weighted by molar-refractivity contribution is 5.85. The Labute approximate surface area is 185 Å². The van der Waals surface area contributed by atoms with Crippen LogP contribution in [0.4, 0.5) is 22.0 Å². The number of para-hydroxylation sites is 1. The van der Waals surface area contributed by atoms with Crippen LogP contribution in [0.15, 0.2) is 48.5 Å². The monoisotopic (exact) mass is 434 g/mol. The van der Waals surface area contributed by atoms with Crippen LogP contribution in [-0.2, 0) is 4.74 Å². The number of carboxylic acid groups (broad SMARTS) is 1. The number of hydrogen-bond acceptors (Lipinski definition) is 6. The minimum absolute atomic E-state index is 0.0698. The highest BCUT2D eigenvalue weighted by Crippen LogP contribution is 2.34. The maximum Gasteiger partial charge on any atom is 0.407 e. The van der Waals surface area contributed by atoms with E-state index >= 15 is 0 Å². The number of hydrogen-bond donors (Lipinski definition) is 3. The van der Waals surface area contributed by atoms with Crippen LogP contribution in [0.5, 0.6) is 5.75 Å². The smallest absolute Gasteiger partial charge is 0.407 e. The zero-order chi connectivity index (χ0) is 22.3. The molecule has 2 aliphatic heterocycles. The van der Waals surface area contributed by atoms with E-state index in [4.69, 9.17) is 25.3 Å². The number of aromatic nitrogens is 1. The number of fused-ring (bicyclic) bond motifs is 1. The summed E-state index contributed by atoms with van der Waals surface area (Å²) in [6.45, 7) is 5.15. The zero-order valence-corrected chi connectivity index (χ0v) is 17.9. The van der Waals surface area contributed by atoms with Gasteiger partial charge in [0.1, 0.15) is 11.6 Å². The van der Waals surface area contributed by atoms with Crippen LogP contribution in [0.3, 0.4) is 0 Å². The standard InChI is InChI=1S/C24H26N4O4/c1-24(12-31-13-24)14-32-17-6-7-20(19(25)9-17)26-21-8-5-15-3-2-4-18(22(15)27-21)16-10-28(11-16)23(29)30/h2-9,16H,10-14,25H2,1H3,(H,26,27)(H,29,30). The van der Waals surface area contributed by atoms with Gasteiger partial charge in [0.25, 0.3) is 0 Å².